The van der Waals surface area contributed by atoms with Gasteiger partial charge in [0, 0.05) is 20.1 Å². The Kier molecular flexibility index (Phi) is 5.80. The van der Waals surface area contributed by atoms with Gasteiger partial charge < -0.3 is 5.73 Å². The van der Waals surface area contributed by atoms with Crippen molar-refractivity contribution in [2.45, 2.75) is 31.7 Å². The minimum Gasteiger partial charge on any atom is -0.326 e. The van der Waals surface area contributed by atoms with Gasteiger partial charge >= 0.3 is 0 Å². The minimum absolute atomic E-state index is 0.136. The van der Waals surface area contributed by atoms with E-state index in [1.54, 1.807) is 19.2 Å². The molecule has 6 heteroatoms. The van der Waals surface area contributed by atoms with Crippen LogP contribution in [0.3, 0.4) is 0 Å². The van der Waals surface area contributed by atoms with Crippen LogP contribution in [0.2, 0.25) is 5.02 Å². The van der Waals surface area contributed by atoms with Gasteiger partial charge in [0.2, 0.25) is 10.0 Å². The topological polar surface area (TPSA) is 63.4 Å². The van der Waals surface area contributed by atoms with Gasteiger partial charge in [0.05, 0.1) is 5.02 Å². The average Bonchev–Trinajstić information content (AvgIpc) is 2.37. The van der Waals surface area contributed by atoms with Crippen LogP contribution in [-0.2, 0) is 16.6 Å². The van der Waals surface area contributed by atoms with Crippen molar-refractivity contribution in [1.82, 2.24) is 4.31 Å². The van der Waals surface area contributed by atoms with Crippen LogP contribution in [0.4, 0.5) is 0 Å². The molecule has 1 rings (SSSR count). The van der Waals surface area contributed by atoms with E-state index in [4.69, 9.17) is 17.3 Å². The molecule has 108 valence electrons. The molecule has 0 heterocycles. The number of sulfonamides is 1. The van der Waals surface area contributed by atoms with Crippen molar-refractivity contribution in [3.8, 4) is 0 Å². The highest BCUT2D eigenvalue weighted by Crippen LogP contribution is 2.25. The number of rotatable bonds is 6. The zero-order valence-corrected chi connectivity index (χ0v) is 13.1. The Labute approximate surface area is 120 Å². The maximum atomic E-state index is 12.4. The fourth-order valence-corrected chi connectivity index (χ4v) is 3.54. The van der Waals surface area contributed by atoms with E-state index in [9.17, 15) is 8.42 Å². The van der Waals surface area contributed by atoms with E-state index in [-0.39, 0.29) is 9.92 Å². The lowest BCUT2D eigenvalue weighted by atomic mass is 10.1. The molecule has 4 nitrogen and oxygen atoms in total. The van der Waals surface area contributed by atoms with E-state index < -0.39 is 10.0 Å². The summed E-state index contributed by atoms with van der Waals surface area (Å²) in [5.41, 5.74) is 6.32. The molecule has 1 atom stereocenters. The molecule has 0 radical (unpaired) electrons. The molecular weight excluding hydrogens is 284 g/mol. The van der Waals surface area contributed by atoms with Crippen LogP contribution >= 0.6 is 11.6 Å². The molecule has 0 aliphatic rings. The standard InChI is InChI=1S/C13H21ClN2O2S/c1-4-10(2)9-16(3)19(17,18)13-6-5-11(8-15)7-12(13)14/h5-7,10H,4,8-9,15H2,1-3H3. The van der Waals surface area contributed by atoms with Crippen molar-refractivity contribution in [2.75, 3.05) is 13.6 Å². The minimum atomic E-state index is -3.54. The lowest BCUT2D eigenvalue weighted by Crippen LogP contribution is -2.31. The van der Waals surface area contributed by atoms with Crippen LogP contribution in [0.1, 0.15) is 25.8 Å². The van der Waals surface area contributed by atoms with Crippen LogP contribution in [-0.4, -0.2) is 26.3 Å². The van der Waals surface area contributed by atoms with Gasteiger partial charge in [0.15, 0.2) is 0 Å². The summed E-state index contributed by atoms with van der Waals surface area (Å²) >= 11 is 6.05. The SMILES string of the molecule is CCC(C)CN(C)S(=O)(=O)c1ccc(CN)cc1Cl. The predicted octanol–water partition coefficient (Wildman–Crippen LogP) is 2.47. The highest BCUT2D eigenvalue weighted by Gasteiger charge is 2.24. The summed E-state index contributed by atoms with van der Waals surface area (Å²) in [6, 6.07) is 4.81. The fourth-order valence-electron chi connectivity index (χ4n) is 1.71. The fraction of sp³-hybridized carbons (Fsp3) is 0.538. The third-order valence-corrected chi connectivity index (χ3v) is 5.49. The summed E-state index contributed by atoms with van der Waals surface area (Å²) in [5, 5.41) is 0.221. The highest BCUT2D eigenvalue weighted by molar-refractivity contribution is 7.89. The van der Waals surface area contributed by atoms with Gasteiger partial charge in [0.25, 0.3) is 0 Å². The molecule has 0 fully saturated rings. The van der Waals surface area contributed by atoms with E-state index in [0.717, 1.165) is 12.0 Å². The number of nitrogens with zero attached hydrogens (tertiary/aromatic N) is 1. The summed E-state index contributed by atoms with van der Waals surface area (Å²) < 4.78 is 26.2. The quantitative estimate of drug-likeness (QED) is 0.878. The lowest BCUT2D eigenvalue weighted by molar-refractivity contribution is 0.393. The predicted molar refractivity (Wildman–Crippen MR) is 78.6 cm³/mol. The average molecular weight is 305 g/mol. The molecule has 0 saturated heterocycles. The normalized spacial score (nSPS) is 13.8. The molecular formula is C13H21ClN2O2S. The number of hydrogen-bond acceptors (Lipinski definition) is 3. The Morgan fingerprint density at radius 2 is 2.05 bits per heavy atom. The van der Waals surface area contributed by atoms with Crippen molar-refractivity contribution < 1.29 is 8.42 Å². The van der Waals surface area contributed by atoms with Gasteiger partial charge in [-0.3, -0.25) is 0 Å². The smallest absolute Gasteiger partial charge is 0.244 e. The van der Waals surface area contributed by atoms with Crippen molar-refractivity contribution in [3.05, 3.63) is 28.8 Å². The summed E-state index contributed by atoms with van der Waals surface area (Å²) in [6.45, 7) is 4.87. The molecule has 0 bridgehead atoms. The van der Waals surface area contributed by atoms with Crippen molar-refractivity contribution in [1.29, 1.82) is 0 Å². The van der Waals surface area contributed by atoms with Gasteiger partial charge in [0.1, 0.15) is 4.90 Å². The molecule has 1 unspecified atom stereocenters. The van der Waals surface area contributed by atoms with Gasteiger partial charge in [-0.25, -0.2) is 12.7 Å². The molecule has 19 heavy (non-hydrogen) atoms. The molecule has 0 aromatic heterocycles. The maximum absolute atomic E-state index is 12.4. The maximum Gasteiger partial charge on any atom is 0.244 e. The number of halogens is 1. The van der Waals surface area contributed by atoms with E-state index in [1.165, 1.54) is 10.4 Å². The van der Waals surface area contributed by atoms with Crippen LogP contribution in [0.25, 0.3) is 0 Å². The number of nitrogens with two attached hydrogens (primary N) is 1. The van der Waals surface area contributed by atoms with Crippen LogP contribution in [0, 0.1) is 5.92 Å². The van der Waals surface area contributed by atoms with Crippen LogP contribution < -0.4 is 5.73 Å². The molecule has 2 N–H and O–H groups in total. The molecule has 1 aromatic rings. The van der Waals surface area contributed by atoms with Gasteiger partial charge in [-0.15, -0.1) is 0 Å². The first-order chi connectivity index (χ1) is 8.82. The Bertz CT molecular complexity index is 531. The second-order valence-electron chi connectivity index (χ2n) is 4.77. The molecule has 0 aliphatic heterocycles. The first kappa shape index (κ1) is 16.4. The third kappa shape index (κ3) is 3.92. The number of hydrogen-bond donors (Lipinski definition) is 1. The van der Waals surface area contributed by atoms with Gasteiger partial charge in [-0.2, -0.15) is 0 Å². The monoisotopic (exact) mass is 304 g/mol. The molecule has 0 spiro atoms. The van der Waals surface area contributed by atoms with Gasteiger partial charge in [-0.1, -0.05) is 37.9 Å². The Morgan fingerprint density at radius 1 is 1.42 bits per heavy atom. The Balaban J connectivity index is 3.06. The van der Waals surface area contributed by atoms with Gasteiger partial charge in [-0.05, 0) is 23.6 Å². The Hall–Kier alpha value is -0.620. The zero-order chi connectivity index (χ0) is 14.6. The molecule has 0 amide bonds. The van der Waals surface area contributed by atoms with E-state index in [1.807, 2.05) is 13.8 Å². The highest BCUT2D eigenvalue weighted by atomic mass is 35.5. The van der Waals surface area contributed by atoms with E-state index >= 15 is 0 Å². The first-order valence-corrected chi connectivity index (χ1v) is 8.09. The second-order valence-corrected chi connectivity index (χ2v) is 7.19. The molecule has 1 aromatic carbocycles. The number of benzene rings is 1. The summed E-state index contributed by atoms with van der Waals surface area (Å²) in [4.78, 5) is 0.136. The lowest BCUT2D eigenvalue weighted by Gasteiger charge is -2.21. The van der Waals surface area contributed by atoms with E-state index in [0.29, 0.717) is 19.0 Å². The van der Waals surface area contributed by atoms with Crippen LogP contribution in [0.15, 0.2) is 23.1 Å². The van der Waals surface area contributed by atoms with Crippen molar-refractivity contribution in [3.63, 3.8) is 0 Å². The van der Waals surface area contributed by atoms with Crippen molar-refractivity contribution >= 4 is 21.6 Å². The van der Waals surface area contributed by atoms with Crippen molar-refractivity contribution in [2.24, 2.45) is 11.7 Å². The molecule has 0 aliphatic carbocycles. The summed E-state index contributed by atoms with van der Waals surface area (Å²) in [6.07, 6.45) is 0.930. The second kappa shape index (κ2) is 6.70. The Morgan fingerprint density at radius 3 is 2.53 bits per heavy atom. The summed E-state index contributed by atoms with van der Waals surface area (Å²) in [7, 11) is -1.96. The third-order valence-electron chi connectivity index (χ3n) is 3.19. The zero-order valence-electron chi connectivity index (χ0n) is 11.6. The summed E-state index contributed by atoms with van der Waals surface area (Å²) in [5.74, 6) is 0.307. The molecule has 0 saturated carbocycles. The largest absolute Gasteiger partial charge is 0.326 e. The van der Waals surface area contributed by atoms with E-state index in [2.05, 4.69) is 0 Å². The van der Waals surface area contributed by atoms with Crippen LogP contribution in [0.5, 0.6) is 0 Å². The first-order valence-electron chi connectivity index (χ1n) is 6.27.